The minimum Gasteiger partial charge on any atom is -0.356 e. The van der Waals surface area contributed by atoms with Crippen molar-refractivity contribution in [3.63, 3.8) is 0 Å². The second kappa shape index (κ2) is 6.86. The summed E-state index contributed by atoms with van der Waals surface area (Å²) >= 11 is 3.28. The number of nitrogens with one attached hydrogen (secondary N) is 1. The number of thioether (sulfide) groups is 1. The Hall–Kier alpha value is -1.14. The fraction of sp³-hybridized carbons (Fsp3) is 0.385. The number of benzene rings is 1. The fourth-order valence-electron chi connectivity index (χ4n) is 1.36. The van der Waals surface area contributed by atoms with Crippen LogP contribution in [-0.2, 0) is 6.54 Å². The third-order valence-corrected chi connectivity index (χ3v) is 4.74. The molecule has 0 amide bonds. The van der Waals surface area contributed by atoms with E-state index < -0.39 is 0 Å². The molecule has 2 aromatic rings. The summed E-state index contributed by atoms with van der Waals surface area (Å²) in [4.78, 5) is 0. The van der Waals surface area contributed by atoms with E-state index in [0.717, 1.165) is 20.8 Å². The third-order valence-electron chi connectivity index (χ3n) is 2.30. The van der Waals surface area contributed by atoms with Crippen molar-refractivity contribution in [2.45, 2.75) is 24.7 Å². The molecule has 1 N–H and O–H groups in total. The van der Waals surface area contributed by atoms with Gasteiger partial charge in [-0.05, 0) is 23.6 Å². The molecule has 102 valence electrons. The maximum absolute atomic E-state index is 12.8. The van der Waals surface area contributed by atoms with Gasteiger partial charge in [-0.25, -0.2) is 4.39 Å². The zero-order valence-electron chi connectivity index (χ0n) is 10.9. The van der Waals surface area contributed by atoms with Gasteiger partial charge in [-0.2, -0.15) is 0 Å². The molecule has 0 spiro atoms. The molecule has 6 heteroatoms. The van der Waals surface area contributed by atoms with E-state index in [4.69, 9.17) is 0 Å². The van der Waals surface area contributed by atoms with Gasteiger partial charge in [0, 0.05) is 12.3 Å². The van der Waals surface area contributed by atoms with E-state index >= 15 is 0 Å². The van der Waals surface area contributed by atoms with Gasteiger partial charge in [-0.1, -0.05) is 49.1 Å². The van der Waals surface area contributed by atoms with Crippen LogP contribution in [0.2, 0.25) is 0 Å². The molecule has 0 saturated heterocycles. The molecule has 0 saturated carbocycles. The van der Waals surface area contributed by atoms with Crippen molar-refractivity contribution in [1.29, 1.82) is 0 Å². The predicted octanol–water partition coefficient (Wildman–Crippen LogP) is 4.04. The summed E-state index contributed by atoms with van der Waals surface area (Å²) < 4.78 is 13.7. The Morgan fingerprint density at radius 2 is 2.00 bits per heavy atom. The minimum absolute atomic E-state index is 0.216. The van der Waals surface area contributed by atoms with Crippen LogP contribution in [0.25, 0.3) is 0 Å². The van der Waals surface area contributed by atoms with Crippen LogP contribution in [-0.4, -0.2) is 16.0 Å². The first-order valence-corrected chi connectivity index (χ1v) is 7.88. The first-order chi connectivity index (χ1) is 9.13. The normalized spacial score (nSPS) is 10.9. The van der Waals surface area contributed by atoms with E-state index in [1.807, 2.05) is 0 Å². The highest BCUT2D eigenvalue weighted by Gasteiger charge is 2.05. The molecule has 0 atom stereocenters. The van der Waals surface area contributed by atoms with Gasteiger partial charge < -0.3 is 5.32 Å². The molecule has 1 heterocycles. The lowest BCUT2D eigenvalue weighted by atomic mass is 10.2. The van der Waals surface area contributed by atoms with E-state index in [2.05, 4.69) is 29.4 Å². The number of halogens is 1. The lowest BCUT2D eigenvalue weighted by Gasteiger charge is -2.01. The molecule has 0 aliphatic carbocycles. The Bertz CT molecular complexity index is 511. The van der Waals surface area contributed by atoms with E-state index in [1.165, 1.54) is 12.1 Å². The number of anilines is 1. The number of hydrogen-bond acceptors (Lipinski definition) is 5. The van der Waals surface area contributed by atoms with Gasteiger partial charge in [0.1, 0.15) is 5.82 Å². The summed E-state index contributed by atoms with van der Waals surface area (Å²) in [5.74, 6) is 1.48. The lowest BCUT2D eigenvalue weighted by molar-refractivity contribution is 0.627. The predicted molar refractivity (Wildman–Crippen MR) is 79.2 cm³/mol. The molecule has 0 fully saturated rings. The van der Waals surface area contributed by atoms with Gasteiger partial charge in [-0.3, -0.25) is 0 Å². The summed E-state index contributed by atoms with van der Waals surface area (Å²) in [6.45, 7) is 4.99. The number of nitrogens with zero attached hydrogens (tertiary/aromatic N) is 2. The second-order valence-corrected chi connectivity index (χ2v) is 6.80. The zero-order valence-corrected chi connectivity index (χ0v) is 12.5. The Kier molecular flexibility index (Phi) is 5.15. The maximum atomic E-state index is 12.8. The molecule has 0 unspecified atom stereocenters. The summed E-state index contributed by atoms with van der Waals surface area (Å²) in [5.41, 5.74) is 1.02. The largest absolute Gasteiger partial charge is 0.356 e. The first-order valence-electron chi connectivity index (χ1n) is 6.08. The van der Waals surface area contributed by atoms with Crippen LogP contribution in [0, 0.1) is 11.7 Å². The SMILES string of the molecule is CC(C)CSc1nnc(NCc2ccc(F)cc2)s1. The van der Waals surface area contributed by atoms with Crippen molar-refractivity contribution in [3.05, 3.63) is 35.6 Å². The Morgan fingerprint density at radius 3 is 2.68 bits per heavy atom. The molecule has 1 aromatic carbocycles. The third kappa shape index (κ3) is 4.80. The molecular weight excluding hydrogens is 281 g/mol. The molecular formula is C13H16FN3S2. The van der Waals surface area contributed by atoms with Crippen LogP contribution in [0.3, 0.4) is 0 Å². The van der Waals surface area contributed by atoms with Crippen molar-refractivity contribution >= 4 is 28.2 Å². The Morgan fingerprint density at radius 1 is 1.26 bits per heavy atom. The van der Waals surface area contributed by atoms with E-state index in [0.29, 0.717) is 12.5 Å². The fourth-order valence-corrected chi connectivity index (χ4v) is 3.08. The van der Waals surface area contributed by atoms with Crippen molar-refractivity contribution in [1.82, 2.24) is 10.2 Å². The highest BCUT2D eigenvalue weighted by Crippen LogP contribution is 2.27. The molecule has 3 nitrogen and oxygen atoms in total. The zero-order chi connectivity index (χ0) is 13.7. The topological polar surface area (TPSA) is 37.8 Å². The van der Waals surface area contributed by atoms with E-state index in [-0.39, 0.29) is 5.82 Å². The van der Waals surface area contributed by atoms with Gasteiger partial charge in [0.15, 0.2) is 4.34 Å². The molecule has 0 radical (unpaired) electrons. The quantitative estimate of drug-likeness (QED) is 0.817. The molecule has 0 aliphatic heterocycles. The number of rotatable bonds is 6. The van der Waals surface area contributed by atoms with Crippen LogP contribution >= 0.6 is 23.1 Å². The average molecular weight is 297 g/mol. The van der Waals surface area contributed by atoms with Gasteiger partial charge >= 0.3 is 0 Å². The molecule has 0 aliphatic rings. The lowest BCUT2D eigenvalue weighted by Crippen LogP contribution is -1.98. The van der Waals surface area contributed by atoms with Gasteiger partial charge in [0.05, 0.1) is 0 Å². The Labute approximate surface area is 120 Å². The maximum Gasteiger partial charge on any atom is 0.206 e. The van der Waals surface area contributed by atoms with Crippen LogP contribution in [0.5, 0.6) is 0 Å². The van der Waals surface area contributed by atoms with Gasteiger partial charge in [0.25, 0.3) is 0 Å². The highest BCUT2D eigenvalue weighted by atomic mass is 32.2. The summed E-state index contributed by atoms with van der Waals surface area (Å²) in [5, 5.41) is 12.2. The van der Waals surface area contributed by atoms with E-state index in [1.54, 1.807) is 35.2 Å². The van der Waals surface area contributed by atoms with Crippen LogP contribution in [0.4, 0.5) is 9.52 Å². The summed E-state index contributed by atoms with van der Waals surface area (Å²) in [6.07, 6.45) is 0. The minimum atomic E-state index is -0.216. The monoisotopic (exact) mass is 297 g/mol. The van der Waals surface area contributed by atoms with Gasteiger partial charge in [0.2, 0.25) is 5.13 Å². The van der Waals surface area contributed by atoms with Crippen molar-refractivity contribution in [3.8, 4) is 0 Å². The molecule has 1 aromatic heterocycles. The number of aromatic nitrogens is 2. The standard InChI is InChI=1S/C13H16FN3S2/c1-9(2)8-18-13-17-16-12(19-13)15-7-10-3-5-11(14)6-4-10/h3-6,9H,7-8H2,1-2H3,(H,15,16). The summed E-state index contributed by atoms with van der Waals surface area (Å²) in [7, 11) is 0. The van der Waals surface area contributed by atoms with Crippen molar-refractivity contribution in [2.24, 2.45) is 5.92 Å². The van der Waals surface area contributed by atoms with Crippen LogP contribution in [0.15, 0.2) is 28.6 Å². The van der Waals surface area contributed by atoms with E-state index in [9.17, 15) is 4.39 Å². The van der Waals surface area contributed by atoms with Crippen LogP contribution < -0.4 is 5.32 Å². The second-order valence-electron chi connectivity index (χ2n) is 4.56. The van der Waals surface area contributed by atoms with Crippen molar-refractivity contribution in [2.75, 3.05) is 11.1 Å². The average Bonchev–Trinajstić information content (AvgIpc) is 2.84. The summed E-state index contributed by atoms with van der Waals surface area (Å²) in [6, 6.07) is 6.44. The molecule has 19 heavy (non-hydrogen) atoms. The first kappa shape index (κ1) is 14.3. The van der Waals surface area contributed by atoms with Crippen LogP contribution in [0.1, 0.15) is 19.4 Å². The molecule has 0 bridgehead atoms. The van der Waals surface area contributed by atoms with Crippen molar-refractivity contribution < 1.29 is 4.39 Å². The smallest absolute Gasteiger partial charge is 0.206 e. The Balaban J connectivity index is 1.84. The number of hydrogen-bond donors (Lipinski definition) is 1. The molecule has 2 rings (SSSR count). The highest BCUT2D eigenvalue weighted by molar-refractivity contribution is 8.01. The van der Waals surface area contributed by atoms with Gasteiger partial charge in [-0.15, -0.1) is 10.2 Å².